The molecule has 0 radical (unpaired) electrons. The number of carbonyl (C=O) groups is 3. The molecule has 92 valence electrons. The number of hydrogen-bond donors (Lipinski definition) is 0. The first-order chi connectivity index (χ1) is 8.58. The molecule has 18 heavy (non-hydrogen) atoms. The van der Waals surface area contributed by atoms with Crippen molar-refractivity contribution in [3.05, 3.63) is 47.5 Å². The van der Waals surface area contributed by atoms with Gasteiger partial charge in [0.2, 0.25) is 0 Å². The Bertz CT molecular complexity index is 510. The molecule has 0 N–H and O–H groups in total. The van der Waals surface area contributed by atoms with Crippen molar-refractivity contribution in [3.8, 4) is 0 Å². The zero-order valence-electron chi connectivity index (χ0n) is 10.1. The molecule has 2 rings (SSSR count). The molecule has 0 spiro atoms. The highest BCUT2D eigenvalue weighted by Gasteiger charge is 2.22. The van der Waals surface area contributed by atoms with Gasteiger partial charge >= 0.3 is 0 Å². The van der Waals surface area contributed by atoms with Crippen molar-refractivity contribution >= 4 is 17.6 Å². The highest BCUT2D eigenvalue weighted by molar-refractivity contribution is 6.12. The van der Waals surface area contributed by atoms with Crippen molar-refractivity contribution < 1.29 is 14.4 Å². The van der Waals surface area contributed by atoms with Crippen molar-refractivity contribution in [1.29, 1.82) is 0 Å². The van der Waals surface area contributed by atoms with Crippen LogP contribution in [0.15, 0.2) is 36.4 Å². The molecular weight excluding hydrogens is 230 g/mol. The average molecular weight is 243 g/mol. The van der Waals surface area contributed by atoms with E-state index < -0.39 is 0 Å². The van der Waals surface area contributed by atoms with Gasteiger partial charge < -0.3 is 0 Å². The number of rotatable bonds is 4. The minimum atomic E-state index is -0.264. The van der Waals surface area contributed by atoms with Crippen molar-refractivity contribution in [2.45, 2.75) is 13.3 Å². The fourth-order valence-corrected chi connectivity index (χ4v) is 1.80. The van der Waals surface area contributed by atoms with Crippen LogP contribution in [-0.2, 0) is 16.0 Å². The fraction of sp³-hybridized carbons (Fsp3) is 0.214. The maximum atomic E-state index is 11.3. The molecule has 1 aromatic carbocycles. The van der Waals surface area contributed by atoms with Crippen LogP contribution in [0.1, 0.15) is 22.8 Å². The summed E-state index contributed by atoms with van der Waals surface area (Å²) in [6.07, 6.45) is 3.15. The van der Waals surface area contributed by atoms with E-state index in [1.165, 1.54) is 24.0 Å². The van der Waals surface area contributed by atoms with Crippen LogP contribution >= 0.6 is 0 Å². The van der Waals surface area contributed by atoms with Gasteiger partial charge in [-0.2, -0.15) is 0 Å². The van der Waals surface area contributed by atoms with E-state index in [-0.39, 0.29) is 17.6 Å². The zero-order valence-corrected chi connectivity index (χ0v) is 10.1. The van der Waals surface area contributed by atoms with Crippen LogP contribution in [0.5, 0.6) is 0 Å². The molecule has 0 aliphatic carbocycles. The molecule has 1 heterocycles. The Kier molecular flexibility index (Phi) is 3.37. The largest absolute Gasteiger partial charge is 0.295 e. The van der Waals surface area contributed by atoms with E-state index >= 15 is 0 Å². The Balaban J connectivity index is 1.96. The number of carbonyl (C=O) groups excluding carboxylic acids is 3. The SMILES string of the molecule is CC(=O)c1ccc(CCN2C(=O)C=CC2=O)cc1. The molecule has 1 aromatic rings. The first-order valence-electron chi connectivity index (χ1n) is 5.71. The summed E-state index contributed by atoms with van der Waals surface area (Å²) >= 11 is 0. The maximum absolute atomic E-state index is 11.3. The molecular formula is C14H13NO3. The summed E-state index contributed by atoms with van der Waals surface area (Å²) in [6.45, 7) is 1.88. The predicted octanol–water partition coefficient (Wildman–Crippen LogP) is 1.36. The van der Waals surface area contributed by atoms with Crippen LogP contribution in [0, 0.1) is 0 Å². The standard InChI is InChI=1S/C14H13NO3/c1-10(16)12-4-2-11(3-5-12)8-9-15-13(17)6-7-14(15)18/h2-7H,8-9H2,1H3. The van der Waals surface area contributed by atoms with Gasteiger partial charge in [-0.3, -0.25) is 19.3 Å². The number of nitrogens with zero attached hydrogens (tertiary/aromatic N) is 1. The van der Waals surface area contributed by atoms with Crippen LogP contribution in [0.2, 0.25) is 0 Å². The van der Waals surface area contributed by atoms with Crippen molar-refractivity contribution in [2.75, 3.05) is 6.54 Å². The molecule has 0 atom stereocenters. The molecule has 0 fully saturated rings. The normalized spacial score (nSPS) is 14.4. The second-order valence-corrected chi connectivity index (χ2v) is 4.16. The summed E-state index contributed by atoms with van der Waals surface area (Å²) < 4.78 is 0. The van der Waals surface area contributed by atoms with Gasteiger partial charge in [-0.1, -0.05) is 24.3 Å². The van der Waals surface area contributed by atoms with Crippen molar-refractivity contribution in [3.63, 3.8) is 0 Å². The monoisotopic (exact) mass is 243 g/mol. The molecule has 0 saturated heterocycles. The Morgan fingerprint density at radius 2 is 1.61 bits per heavy atom. The van der Waals surface area contributed by atoms with E-state index in [0.717, 1.165) is 5.56 Å². The van der Waals surface area contributed by atoms with Crippen LogP contribution < -0.4 is 0 Å². The second kappa shape index (κ2) is 4.96. The molecule has 4 nitrogen and oxygen atoms in total. The van der Waals surface area contributed by atoms with E-state index in [1.807, 2.05) is 12.1 Å². The Morgan fingerprint density at radius 1 is 1.06 bits per heavy atom. The van der Waals surface area contributed by atoms with Crippen LogP contribution in [0.3, 0.4) is 0 Å². The summed E-state index contributed by atoms with van der Waals surface area (Å²) in [5.74, 6) is -0.503. The van der Waals surface area contributed by atoms with Gasteiger partial charge in [0.15, 0.2) is 5.78 Å². The molecule has 1 aliphatic heterocycles. The van der Waals surface area contributed by atoms with E-state index in [0.29, 0.717) is 18.5 Å². The number of amides is 2. The van der Waals surface area contributed by atoms with Crippen LogP contribution in [0.25, 0.3) is 0 Å². The second-order valence-electron chi connectivity index (χ2n) is 4.16. The molecule has 2 amide bonds. The quantitative estimate of drug-likeness (QED) is 0.592. The lowest BCUT2D eigenvalue weighted by molar-refractivity contribution is -0.136. The molecule has 0 saturated carbocycles. The number of imide groups is 1. The average Bonchev–Trinajstić information content (AvgIpc) is 2.67. The minimum Gasteiger partial charge on any atom is -0.295 e. The highest BCUT2D eigenvalue weighted by atomic mass is 16.2. The molecule has 4 heteroatoms. The first kappa shape index (κ1) is 12.2. The molecule has 0 aromatic heterocycles. The number of Topliss-reactive ketones (excluding diaryl/α,β-unsaturated/α-hetero) is 1. The zero-order chi connectivity index (χ0) is 13.1. The summed E-state index contributed by atoms with van der Waals surface area (Å²) in [7, 11) is 0. The highest BCUT2D eigenvalue weighted by Crippen LogP contribution is 2.09. The van der Waals surface area contributed by atoms with Gasteiger partial charge in [0.25, 0.3) is 11.8 Å². The number of benzene rings is 1. The van der Waals surface area contributed by atoms with E-state index in [9.17, 15) is 14.4 Å². The lowest BCUT2D eigenvalue weighted by atomic mass is 10.1. The lowest BCUT2D eigenvalue weighted by Gasteiger charge is -2.13. The molecule has 0 unspecified atom stereocenters. The first-order valence-corrected chi connectivity index (χ1v) is 5.71. The van der Waals surface area contributed by atoms with Gasteiger partial charge in [-0.05, 0) is 18.9 Å². The predicted molar refractivity (Wildman–Crippen MR) is 66.0 cm³/mol. The number of hydrogen-bond acceptors (Lipinski definition) is 3. The van der Waals surface area contributed by atoms with Gasteiger partial charge in [0.1, 0.15) is 0 Å². The third kappa shape index (κ3) is 2.53. The van der Waals surface area contributed by atoms with Crippen molar-refractivity contribution in [1.82, 2.24) is 4.90 Å². The maximum Gasteiger partial charge on any atom is 0.253 e. The van der Waals surface area contributed by atoms with Gasteiger partial charge in [-0.15, -0.1) is 0 Å². The Morgan fingerprint density at radius 3 is 2.11 bits per heavy atom. The minimum absolute atomic E-state index is 0.0237. The fourth-order valence-electron chi connectivity index (χ4n) is 1.80. The van der Waals surface area contributed by atoms with E-state index in [4.69, 9.17) is 0 Å². The van der Waals surface area contributed by atoms with Gasteiger partial charge in [0, 0.05) is 24.3 Å². The smallest absolute Gasteiger partial charge is 0.253 e. The van der Waals surface area contributed by atoms with Crippen molar-refractivity contribution in [2.24, 2.45) is 0 Å². The topological polar surface area (TPSA) is 54.5 Å². The Labute approximate surface area is 105 Å². The van der Waals surface area contributed by atoms with Crippen LogP contribution in [0.4, 0.5) is 0 Å². The third-order valence-corrected chi connectivity index (χ3v) is 2.89. The summed E-state index contributed by atoms with van der Waals surface area (Å²) in [4.78, 5) is 35.0. The molecule has 1 aliphatic rings. The summed E-state index contributed by atoms with van der Waals surface area (Å²) in [6, 6.07) is 7.19. The lowest BCUT2D eigenvalue weighted by Crippen LogP contribution is -2.31. The summed E-state index contributed by atoms with van der Waals surface area (Å²) in [5, 5.41) is 0. The van der Waals surface area contributed by atoms with Gasteiger partial charge in [0.05, 0.1) is 0 Å². The van der Waals surface area contributed by atoms with Crippen LogP contribution in [-0.4, -0.2) is 29.0 Å². The molecule has 0 bridgehead atoms. The number of ketones is 1. The van der Waals surface area contributed by atoms with E-state index in [1.54, 1.807) is 12.1 Å². The third-order valence-electron chi connectivity index (χ3n) is 2.89. The van der Waals surface area contributed by atoms with Gasteiger partial charge in [-0.25, -0.2) is 0 Å². The summed E-state index contributed by atoms with van der Waals surface area (Å²) in [5.41, 5.74) is 1.65. The Hall–Kier alpha value is -2.23. The van der Waals surface area contributed by atoms with E-state index in [2.05, 4.69) is 0 Å².